The van der Waals surface area contributed by atoms with Gasteiger partial charge in [0.1, 0.15) is 0 Å². The molecule has 0 aliphatic heterocycles. The van der Waals surface area contributed by atoms with Crippen LogP contribution in [0.25, 0.3) is 0 Å². The highest BCUT2D eigenvalue weighted by Crippen LogP contribution is 2.33. The highest BCUT2D eigenvalue weighted by Gasteiger charge is 2.27. The zero-order valence-corrected chi connectivity index (χ0v) is 11.7. The maximum absolute atomic E-state index is 11.7. The molecule has 2 unspecified atom stereocenters. The molecule has 100 valence electrons. The number of hydrogen-bond donors (Lipinski definition) is 2. The van der Waals surface area contributed by atoms with Crippen LogP contribution in [0.4, 0.5) is 0 Å². The van der Waals surface area contributed by atoms with Gasteiger partial charge in [0.15, 0.2) is 0 Å². The van der Waals surface area contributed by atoms with Gasteiger partial charge >= 0.3 is 0 Å². The van der Waals surface area contributed by atoms with Gasteiger partial charge in [0.05, 0.1) is 12.1 Å². The molecule has 3 nitrogen and oxygen atoms in total. The average molecular weight is 269 g/mol. The molecule has 0 fully saturated rings. The fraction of sp³-hybridized carbons (Fsp3) is 0.500. The fourth-order valence-corrected chi connectivity index (χ4v) is 2.43. The second kappa shape index (κ2) is 6.21. The van der Waals surface area contributed by atoms with E-state index in [0.717, 1.165) is 12.8 Å². The quantitative estimate of drug-likeness (QED) is 0.864. The Kier molecular flexibility index (Phi) is 5.17. The van der Waals surface area contributed by atoms with E-state index in [1.165, 1.54) is 11.1 Å². The molecule has 3 N–H and O–H groups in total. The third-order valence-electron chi connectivity index (χ3n) is 3.54. The highest BCUT2D eigenvalue weighted by atomic mass is 35.5. The van der Waals surface area contributed by atoms with Crippen molar-refractivity contribution in [1.82, 2.24) is 5.32 Å². The van der Waals surface area contributed by atoms with Crippen molar-refractivity contribution in [2.45, 2.75) is 38.8 Å². The van der Waals surface area contributed by atoms with E-state index in [-0.39, 0.29) is 24.4 Å². The number of rotatable bonds is 2. The number of amides is 1. The summed E-state index contributed by atoms with van der Waals surface area (Å²) < 4.78 is 0. The second-order valence-electron chi connectivity index (χ2n) is 4.99. The normalized spacial score (nSPS) is 23.5. The van der Waals surface area contributed by atoms with Crippen LogP contribution in [-0.2, 0) is 11.2 Å². The van der Waals surface area contributed by atoms with Gasteiger partial charge in [-0.1, -0.05) is 31.2 Å². The Bertz CT molecular complexity index is 420. The Hall–Kier alpha value is -1.06. The standard InChI is InChI=1S/C14H20N2O.ClH/c1-9-7-8-11-5-3-4-6-12(11)13(9)16-14(17)10(2)15;/h3-6,9-10,13H,7-8,15H2,1-2H3,(H,16,17);1H/t9?,10-,13?;/m1./s1. The van der Waals surface area contributed by atoms with Gasteiger partial charge in [-0.3, -0.25) is 4.79 Å². The Morgan fingerprint density at radius 1 is 1.44 bits per heavy atom. The van der Waals surface area contributed by atoms with Gasteiger partial charge in [0.2, 0.25) is 5.91 Å². The zero-order chi connectivity index (χ0) is 12.4. The maximum atomic E-state index is 11.7. The molecule has 1 aromatic carbocycles. The van der Waals surface area contributed by atoms with E-state index in [2.05, 4.69) is 30.4 Å². The van der Waals surface area contributed by atoms with Crippen molar-refractivity contribution in [2.75, 3.05) is 0 Å². The van der Waals surface area contributed by atoms with Crippen molar-refractivity contribution >= 4 is 18.3 Å². The Morgan fingerprint density at radius 3 is 2.78 bits per heavy atom. The smallest absolute Gasteiger partial charge is 0.237 e. The largest absolute Gasteiger partial charge is 0.348 e. The van der Waals surface area contributed by atoms with Crippen LogP contribution in [0.15, 0.2) is 24.3 Å². The second-order valence-corrected chi connectivity index (χ2v) is 4.99. The molecular formula is C14H21ClN2O. The molecule has 2 rings (SSSR count). The third-order valence-corrected chi connectivity index (χ3v) is 3.54. The van der Waals surface area contributed by atoms with Gasteiger partial charge < -0.3 is 11.1 Å². The first-order valence-corrected chi connectivity index (χ1v) is 6.23. The van der Waals surface area contributed by atoms with Gasteiger partial charge in [-0.25, -0.2) is 0 Å². The molecule has 18 heavy (non-hydrogen) atoms. The van der Waals surface area contributed by atoms with Crippen molar-refractivity contribution in [3.05, 3.63) is 35.4 Å². The molecule has 0 aromatic heterocycles. The summed E-state index contributed by atoms with van der Waals surface area (Å²) in [5.41, 5.74) is 8.20. The number of carbonyl (C=O) groups is 1. The van der Waals surface area contributed by atoms with Gasteiger partial charge in [0.25, 0.3) is 0 Å². The highest BCUT2D eigenvalue weighted by molar-refractivity contribution is 5.85. The molecule has 3 atom stereocenters. The van der Waals surface area contributed by atoms with Crippen LogP contribution in [0.1, 0.15) is 37.4 Å². The molecule has 1 aliphatic rings. The topological polar surface area (TPSA) is 55.1 Å². The molecular weight excluding hydrogens is 248 g/mol. The summed E-state index contributed by atoms with van der Waals surface area (Å²) in [6, 6.07) is 8.00. The van der Waals surface area contributed by atoms with E-state index in [9.17, 15) is 4.79 Å². The maximum Gasteiger partial charge on any atom is 0.237 e. The number of fused-ring (bicyclic) bond motifs is 1. The molecule has 0 heterocycles. The molecule has 0 bridgehead atoms. The minimum Gasteiger partial charge on any atom is -0.348 e. The van der Waals surface area contributed by atoms with Gasteiger partial charge in [0, 0.05) is 0 Å². The van der Waals surface area contributed by atoms with Crippen LogP contribution in [0.5, 0.6) is 0 Å². The third kappa shape index (κ3) is 3.03. The lowest BCUT2D eigenvalue weighted by Gasteiger charge is -2.32. The van der Waals surface area contributed by atoms with Gasteiger partial charge in [-0.2, -0.15) is 0 Å². The molecule has 0 saturated heterocycles. The zero-order valence-electron chi connectivity index (χ0n) is 10.8. The summed E-state index contributed by atoms with van der Waals surface area (Å²) in [4.78, 5) is 11.7. The number of nitrogens with two attached hydrogens (primary N) is 1. The van der Waals surface area contributed by atoms with Crippen molar-refractivity contribution < 1.29 is 4.79 Å². The SMILES string of the molecule is CC1CCc2ccccc2C1NC(=O)[C@@H](C)N.Cl. The molecule has 0 saturated carbocycles. The van der Waals surface area contributed by atoms with Crippen LogP contribution in [0.3, 0.4) is 0 Å². The fourth-order valence-electron chi connectivity index (χ4n) is 2.43. The minimum absolute atomic E-state index is 0. The Balaban J connectivity index is 0.00000162. The summed E-state index contributed by atoms with van der Waals surface area (Å²) in [5.74, 6) is 0.395. The van der Waals surface area contributed by atoms with E-state index in [0.29, 0.717) is 5.92 Å². The van der Waals surface area contributed by atoms with Crippen LogP contribution >= 0.6 is 12.4 Å². The van der Waals surface area contributed by atoms with Crippen molar-refractivity contribution in [3.63, 3.8) is 0 Å². The summed E-state index contributed by atoms with van der Waals surface area (Å²) in [6.07, 6.45) is 2.21. The van der Waals surface area contributed by atoms with Crippen LogP contribution in [0, 0.1) is 5.92 Å². The lowest BCUT2D eigenvalue weighted by Crippen LogP contribution is -2.43. The predicted octanol–water partition coefficient (Wildman–Crippen LogP) is 2.20. The molecule has 1 amide bonds. The Morgan fingerprint density at radius 2 is 2.11 bits per heavy atom. The first kappa shape index (κ1) is 15.0. The summed E-state index contributed by atoms with van der Waals surface area (Å²) in [5, 5.41) is 3.06. The van der Waals surface area contributed by atoms with E-state index in [1.54, 1.807) is 6.92 Å². The summed E-state index contributed by atoms with van der Waals surface area (Å²) in [7, 11) is 0. The van der Waals surface area contributed by atoms with Crippen LogP contribution in [0.2, 0.25) is 0 Å². The van der Waals surface area contributed by atoms with Crippen LogP contribution < -0.4 is 11.1 Å². The van der Waals surface area contributed by atoms with E-state index in [4.69, 9.17) is 5.73 Å². The number of nitrogens with one attached hydrogen (secondary N) is 1. The average Bonchev–Trinajstić information content (AvgIpc) is 2.32. The number of carbonyl (C=O) groups excluding carboxylic acids is 1. The van der Waals surface area contributed by atoms with E-state index >= 15 is 0 Å². The van der Waals surface area contributed by atoms with Gasteiger partial charge in [-0.05, 0) is 36.8 Å². The van der Waals surface area contributed by atoms with E-state index in [1.807, 2.05) is 6.07 Å². The van der Waals surface area contributed by atoms with E-state index < -0.39 is 6.04 Å². The lowest BCUT2D eigenvalue weighted by atomic mass is 9.80. The van der Waals surface area contributed by atoms with Crippen LogP contribution in [-0.4, -0.2) is 11.9 Å². The molecule has 1 aliphatic carbocycles. The lowest BCUT2D eigenvalue weighted by molar-refractivity contribution is -0.123. The molecule has 0 radical (unpaired) electrons. The van der Waals surface area contributed by atoms with Crippen molar-refractivity contribution in [3.8, 4) is 0 Å². The summed E-state index contributed by atoms with van der Waals surface area (Å²) in [6.45, 7) is 3.90. The predicted molar refractivity (Wildman–Crippen MR) is 75.7 cm³/mol. The first-order chi connectivity index (χ1) is 8.09. The number of benzene rings is 1. The monoisotopic (exact) mass is 268 g/mol. The van der Waals surface area contributed by atoms with Gasteiger partial charge in [-0.15, -0.1) is 12.4 Å². The Labute approximate surface area is 115 Å². The first-order valence-electron chi connectivity index (χ1n) is 6.23. The number of halogens is 1. The number of aryl methyl sites for hydroxylation is 1. The minimum atomic E-state index is -0.448. The van der Waals surface area contributed by atoms with Crippen molar-refractivity contribution in [1.29, 1.82) is 0 Å². The number of hydrogen-bond acceptors (Lipinski definition) is 2. The molecule has 1 aromatic rings. The molecule has 4 heteroatoms. The summed E-state index contributed by atoms with van der Waals surface area (Å²) >= 11 is 0. The van der Waals surface area contributed by atoms with Crippen molar-refractivity contribution in [2.24, 2.45) is 11.7 Å². The molecule has 0 spiro atoms.